The van der Waals surface area contributed by atoms with E-state index >= 15 is 0 Å². The van der Waals surface area contributed by atoms with Crippen molar-refractivity contribution in [1.29, 1.82) is 0 Å². The molecule has 0 spiro atoms. The summed E-state index contributed by atoms with van der Waals surface area (Å²) in [5.41, 5.74) is 0.422. The Hall–Kier alpha value is -2.10. The Bertz CT molecular complexity index is 522. The van der Waals surface area contributed by atoms with E-state index in [9.17, 15) is 14.7 Å². The van der Waals surface area contributed by atoms with Crippen molar-refractivity contribution in [3.05, 3.63) is 72.0 Å². The number of aliphatic hydroxyl groups is 1. The Morgan fingerprint density at radius 2 is 1.62 bits per heavy atom. The van der Waals surface area contributed by atoms with Crippen molar-refractivity contribution in [2.75, 3.05) is 6.61 Å². The second-order valence-electron chi connectivity index (χ2n) is 3.75. The van der Waals surface area contributed by atoms with Crippen LogP contribution in [0.15, 0.2) is 66.4 Å². The number of rotatable bonds is 4. The number of ether oxygens (including phenoxy) is 1. The molecule has 0 bridgehead atoms. The van der Waals surface area contributed by atoms with Crippen LogP contribution in [-0.4, -0.2) is 23.5 Å². The number of ketones is 1. The van der Waals surface area contributed by atoms with Crippen LogP contribution in [0.2, 0.25) is 0 Å². The predicted octanol–water partition coefficient (Wildman–Crippen LogP) is 3.00. The summed E-state index contributed by atoms with van der Waals surface area (Å²) in [4.78, 5) is 22.3. The number of carbonyl (C=O) groups is 2. The van der Waals surface area contributed by atoms with Crippen molar-refractivity contribution >= 4 is 11.8 Å². The van der Waals surface area contributed by atoms with E-state index in [0.717, 1.165) is 6.08 Å². The van der Waals surface area contributed by atoms with Crippen LogP contribution >= 0.6 is 0 Å². The van der Waals surface area contributed by atoms with Gasteiger partial charge in [0.2, 0.25) is 0 Å². The molecule has 0 fully saturated rings. The first kappa shape index (κ1) is 18.9. The van der Waals surface area contributed by atoms with Crippen LogP contribution in [0.4, 0.5) is 0 Å². The minimum Gasteiger partial charge on any atom is -0.748 e. The summed E-state index contributed by atoms with van der Waals surface area (Å²) in [5.74, 6) is -1.99. The standard InChI is InChI=1S/C11H11O4.C5H5.Fe/c1-2-15-11(14)10(13)7-9(12)8-5-3-4-6-8;1-2-4-5-3-1;/h3-7,13H,2H2,1H3;1-5H;/q-1;-5;. The SMILES string of the molecule is CCOC(=O)C(O)=CC(=O)[c-]1cccc1.[Fe].[cH-]1[cH-][cH-][cH-][cH-]1. The summed E-state index contributed by atoms with van der Waals surface area (Å²) in [6.07, 6.45) is 0.854. The zero-order chi connectivity index (χ0) is 14.8. The molecule has 0 aliphatic heterocycles. The van der Waals surface area contributed by atoms with E-state index in [-0.39, 0.29) is 23.7 Å². The van der Waals surface area contributed by atoms with Gasteiger partial charge in [-0.15, -0.1) is 12.1 Å². The number of esters is 1. The van der Waals surface area contributed by atoms with Crippen molar-refractivity contribution in [1.82, 2.24) is 0 Å². The first-order valence-corrected chi connectivity index (χ1v) is 6.15. The molecule has 0 atom stereocenters. The Morgan fingerprint density at radius 3 is 2.05 bits per heavy atom. The largest absolute Gasteiger partial charge is 0.748 e. The van der Waals surface area contributed by atoms with Crippen molar-refractivity contribution < 1.29 is 36.5 Å². The Morgan fingerprint density at radius 1 is 1.14 bits per heavy atom. The molecule has 2 aromatic rings. The fraction of sp³-hybridized carbons (Fsp3) is 0.125. The maximum absolute atomic E-state index is 11.4. The Kier molecular flexibility index (Phi) is 9.59. The molecule has 1 N–H and O–H groups in total. The molecule has 0 amide bonds. The van der Waals surface area contributed by atoms with Crippen molar-refractivity contribution in [3.8, 4) is 0 Å². The molecular formula is C16H16FeO4-6. The van der Waals surface area contributed by atoms with Gasteiger partial charge in [0.25, 0.3) is 0 Å². The number of carbonyl (C=O) groups excluding carboxylic acids is 2. The topological polar surface area (TPSA) is 63.6 Å². The molecule has 0 saturated heterocycles. The summed E-state index contributed by atoms with van der Waals surface area (Å²) in [6.45, 7) is 1.77. The van der Waals surface area contributed by atoms with Gasteiger partial charge in [0.15, 0.2) is 5.76 Å². The first-order valence-electron chi connectivity index (χ1n) is 6.15. The van der Waals surface area contributed by atoms with Crippen LogP contribution in [0.25, 0.3) is 0 Å². The van der Waals surface area contributed by atoms with Gasteiger partial charge >= 0.3 is 5.97 Å². The fourth-order valence-corrected chi connectivity index (χ4v) is 1.33. The first-order chi connectivity index (χ1) is 9.65. The van der Waals surface area contributed by atoms with Crippen molar-refractivity contribution in [3.63, 3.8) is 0 Å². The van der Waals surface area contributed by atoms with E-state index in [1.54, 1.807) is 31.2 Å². The molecule has 2 aromatic carbocycles. The average Bonchev–Trinajstić information content (AvgIpc) is 3.14. The molecule has 0 aliphatic rings. The van der Waals surface area contributed by atoms with Gasteiger partial charge in [0.1, 0.15) is 5.78 Å². The van der Waals surface area contributed by atoms with E-state index in [4.69, 9.17) is 0 Å². The number of hydrogen-bond acceptors (Lipinski definition) is 4. The van der Waals surface area contributed by atoms with Crippen LogP contribution < -0.4 is 0 Å². The Labute approximate surface area is 134 Å². The molecule has 0 radical (unpaired) electrons. The smallest absolute Gasteiger partial charge is 0.363 e. The van der Waals surface area contributed by atoms with E-state index in [0.29, 0.717) is 5.56 Å². The zero-order valence-corrected chi connectivity index (χ0v) is 12.6. The molecular weight excluding hydrogens is 312 g/mol. The van der Waals surface area contributed by atoms with Gasteiger partial charge < -0.3 is 45.0 Å². The molecule has 118 valence electrons. The summed E-state index contributed by atoms with van der Waals surface area (Å²) in [6, 6.07) is 16.6. The van der Waals surface area contributed by atoms with E-state index in [1.807, 2.05) is 30.3 Å². The van der Waals surface area contributed by atoms with Crippen molar-refractivity contribution in [2.45, 2.75) is 6.92 Å². The fourth-order valence-electron chi connectivity index (χ4n) is 1.33. The second-order valence-corrected chi connectivity index (χ2v) is 3.75. The molecule has 5 heteroatoms. The number of hydrogen-bond donors (Lipinski definition) is 1. The summed E-state index contributed by atoms with van der Waals surface area (Å²) >= 11 is 0. The summed E-state index contributed by atoms with van der Waals surface area (Å²) in [7, 11) is 0. The molecule has 21 heavy (non-hydrogen) atoms. The molecule has 0 aromatic heterocycles. The molecule has 4 nitrogen and oxygen atoms in total. The van der Waals surface area contributed by atoms with Gasteiger partial charge in [-0.25, -0.2) is 4.79 Å². The molecule has 0 saturated carbocycles. The van der Waals surface area contributed by atoms with Gasteiger partial charge in [-0.3, -0.25) is 0 Å². The van der Waals surface area contributed by atoms with Crippen LogP contribution in [0.3, 0.4) is 0 Å². The monoisotopic (exact) mass is 328 g/mol. The normalized spacial score (nSPS) is 9.86. The third kappa shape index (κ3) is 7.30. The van der Waals surface area contributed by atoms with Gasteiger partial charge in [0, 0.05) is 17.1 Å². The maximum atomic E-state index is 11.4. The minimum atomic E-state index is -0.891. The number of aliphatic hydroxyl groups excluding tert-OH is 1. The van der Waals surface area contributed by atoms with Crippen LogP contribution in [-0.2, 0) is 26.6 Å². The van der Waals surface area contributed by atoms with Gasteiger partial charge in [-0.05, 0) is 13.0 Å². The van der Waals surface area contributed by atoms with Gasteiger partial charge in [-0.2, -0.15) is 12.1 Å². The second kappa shape index (κ2) is 10.7. The Balaban J connectivity index is 0.000000562. The van der Waals surface area contributed by atoms with Crippen LogP contribution in [0.5, 0.6) is 0 Å². The van der Waals surface area contributed by atoms with E-state index in [2.05, 4.69) is 4.74 Å². The quantitative estimate of drug-likeness (QED) is 0.234. The third-order valence-corrected chi connectivity index (χ3v) is 2.26. The molecule has 2 rings (SSSR count). The van der Waals surface area contributed by atoms with E-state index in [1.165, 1.54) is 0 Å². The average molecular weight is 328 g/mol. The summed E-state index contributed by atoms with van der Waals surface area (Å²) in [5, 5.41) is 9.18. The maximum Gasteiger partial charge on any atom is 0.363 e. The third-order valence-electron chi connectivity index (χ3n) is 2.26. The van der Waals surface area contributed by atoms with Gasteiger partial charge in [-0.1, -0.05) is 5.56 Å². The predicted molar refractivity (Wildman–Crippen MR) is 75.7 cm³/mol. The molecule has 0 unspecified atom stereocenters. The van der Waals surface area contributed by atoms with Gasteiger partial charge in [0.05, 0.1) is 6.61 Å². The van der Waals surface area contributed by atoms with Crippen LogP contribution in [0.1, 0.15) is 17.3 Å². The number of allylic oxidation sites excluding steroid dienone is 1. The minimum absolute atomic E-state index is 0. The zero-order valence-electron chi connectivity index (χ0n) is 11.5. The van der Waals surface area contributed by atoms with E-state index < -0.39 is 17.5 Å². The van der Waals surface area contributed by atoms with Crippen molar-refractivity contribution in [2.24, 2.45) is 0 Å². The van der Waals surface area contributed by atoms with Crippen LogP contribution in [0, 0.1) is 0 Å². The molecule has 0 aliphatic carbocycles. The summed E-state index contributed by atoms with van der Waals surface area (Å²) < 4.78 is 4.51. The molecule has 0 heterocycles.